The summed E-state index contributed by atoms with van der Waals surface area (Å²) in [5, 5.41) is 0.475. The van der Waals surface area contributed by atoms with Crippen molar-refractivity contribution in [2.75, 3.05) is 52.4 Å². The Bertz CT molecular complexity index is 1380. The highest BCUT2D eigenvalue weighted by Gasteiger charge is 2.40. The van der Waals surface area contributed by atoms with E-state index >= 15 is 0 Å². The highest BCUT2D eigenvalue weighted by atomic mass is 35.5. The molecule has 5 rings (SSSR count). The molecule has 3 aliphatic rings. The molecule has 46 heavy (non-hydrogen) atoms. The maximum absolute atomic E-state index is 13.8. The molecule has 6 nitrogen and oxygen atoms in total. The van der Waals surface area contributed by atoms with E-state index in [-0.39, 0.29) is 48.2 Å². The van der Waals surface area contributed by atoms with Crippen molar-refractivity contribution >= 4 is 35.0 Å². The molecule has 252 valence electrons. The number of piperidine rings is 1. The van der Waals surface area contributed by atoms with E-state index in [1.54, 1.807) is 23.1 Å². The zero-order chi connectivity index (χ0) is 33.2. The van der Waals surface area contributed by atoms with E-state index in [0.717, 1.165) is 45.4 Å². The molecular formula is C32H36Cl2F6N4O2. The van der Waals surface area contributed by atoms with Gasteiger partial charge in [0.15, 0.2) is 0 Å². The molecule has 3 aliphatic heterocycles. The molecule has 0 spiro atoms. The normalized spacial score (nSPS) is 22.5. The summed E-state index contributed by atoms with van der Waals surface area (Å²) in [6, 6.07) is 5.34. The predicted octanol–water partition coefficient (Wildman–Crippen LogP) is 7.40. The van der Waals surface area contributed by atoms with Crippen LogP contribution in [0.3, 0.4) is 0 Å². The maximum Gasteiger partial charge on any atom is 0.416 e. The van der Waals surface area contributed by atoms with Gasteiger partial charge >= 0.3 is 12.4 Å². The molecule has 0 radical (unpaired) electrons. The molecule has 2 amide bonds. The van der Waals surface area contributed by atoms with Crippen LogP contribution in [0.1, 0.15) is 71.6 Å². The largest absolute Gasteiger partial charge is 0.416 e. The first-order valence-electron chi connectivity index (χ1n) is 15.5. The van der Waals surface area contributed by atoms with Gasteiger partial charge in [0.2, 0.25) is 5.91 Å². The first kappa shape index (κ1) is 34.8. The third-order valence-corrected chi connectivity index (χ3v) is 9.95. The Balaban J connectivity index is 1.35. The number of piperazine rings is 1. The van der Waals surface area contributed by atoms with Gasteiger partial charge in [-0.15, -0.1) is 0 Å². The quantitative estimate of drug-likeness (QED) is 0.307. The average molecular weight is 694 g/mol. The van der Waals surface area contributed by atoms with Gasteiger partial charge in [0.1, 0.15) is 0 Å². The number of alkyl halides is 6. The minimum absolute atomic E-state index is 0.0104. The third kappa shape index (κ3) is 8.29. The number of nitrogens with zero attached hydrogens (tertiary/aromatic N) is 4. The SMILES string of the molecule is O=C(c1cc(C(F)(F)F)cc(C(F)(F)F)c1)N1CCN(C(=O)CN2CCCC(N3CCCCC3)CC2)C(c2ccc(Cl)c(Cl)c2)C1. The summed E-state index contributed by atoms with van der Waals surface area (Å²) in [7, 11) is 0. The molecule has 2 aromatic rings. The van der Waals surface area contributed by atoms with Gasteiger partial charge < -0.3 is 14.7 Å². The smallest absolute Gasteiger partial charge is 0.334 e. The molecule has 0 saturated carbocycles. The van der Waals surface area contributed by atoms with Gasteiger partial charge in [0.05, 0.1) is 33.8 Å². The number of carbonyl (C=O) groups excluding carboxylic acids is 2. The lowest BCUT2D eigenvalue weighted by molar-refractivity contribution is -0.143. The van der Waals surface area contributed by atoms with Crippen molar-refractivity contribution in [3.63, 3.8) is 0 Å². The molecule has 3 fully saturated rings. The zero-order valence-electron chi connectivity index (χ0n) is 25.1. The molecule has 3 heterocycles. The van der Waals surface area contributed by atoms with E-state index in [2.05, 4.69) is 9.80 Å². The summed E-state index contributed by atoms with van der Waals surface area (Å²) >= 11 is 12.4. The van der Waals surface area contributed by atoms with Crippen LogP contribution in [-0.2, 0) is 17.1 Å². The van der Waals surface area contributed by atoms with Gasteiger partial charge in [-0.05, 0) is 87.6 Å². The molecule has 0 N–H and O–H groups in total. The number of rotatable bonds is 5. The van der Waals surface area contributed by atoms with Crippen molar-refractivity contribution in [1.29, 1.82) is 0 Å². The second-order valence-electron chi connectivity index (χ2n) is 12.3. The van der Waals surface area contributed by atoms with Crippen molar-refractivity contribution < 1.29 is 35.9 Å². The molecule has 2 aromatic carbocycles. The Morgan fingerprint density at radius 1 is 0.739 bits per heavy atom. The zero-order valence-corrected chi connectivity index (χ0v) is 26.7. The van der Waals surface area contributed by atoms with Gasteiger partial charge in [-0.2, -0.15) is 26.3 Å². The lowest BCUT2D eigenvalue weighted by Gasteiger charge is -2.42. The van der Waals surface area contributed by atoms with Gasteiger partial charge in [-0.3, -0.25) is 14.5 Å². The highest BCUT2D eigenvalue weighted by molar-refractivity contribution is 6.42. The molecular weight excluding hydrogens is 657 g/mol. The summed E-state index contributed by atoms with van der Waals surface area (Å²) in [6.45, 7) is 3.70. The summed E-state index contributed by atoms with van der Waals surface area (Å²) in [5.41, 5.74) is -3.33. The van der Waals surface area contributed by atoms with E-state index < -0.39 is 41.0 Å². The van der Waals surface area contributed by atoms with E-state index in [9.17, 15) is 35.9 Å². The summed E-state index contributed by atoms with van der Waals surface area (Å²) in [4.78, 5) is 34.8. The first-order valence-corrected chi connectivity index (χ1v) is 16.3. The Hall–Kier alpha value is -2.54. The fourth-order valence-electron chi connectivity index (χ4n) is 6.76. The monoisotopic (exact) mass is 692 g/mol. The van der Waals surface area contributed by atoms with Crippen LogP contribution in [0.2, 0.25) is 10.0 Å². The summed E-state index contributed by atoms with van der Waals surface area (Å²) < 4.78 is 81.0. The van der Waals surface area contributed by atoms with Crippen molar-refractivity contribution in [3.05, 3.63) is 68.7 Å². The molecule has 0 bridgehead atoms. The number of likely N-dealkylation sites (tertiary alicyclic amines) is 2. The van der Waals surface area contributed by atoms with Crippen molar-refractivity contribution in [2.24, 2.45) is 0 Å². The van der Waals surface area contributed by atoms with Gasteiger partial charge in [-0.1, -0.05) is 35.7 Å². The van der Waals surface area contributed by atoms with E-state index in [1.165, 1.54) is 24.2 Å². The lowest BCUT2D eigenvalue weighted by Crippen LogP contribution is -2.54. The summed E-state index contributed by atoms with van der Waals surface area (Å²) in [6.07, 6.45) is -3.51. The van der Waals surface area contributed by atoms with Crippen molar-refractivity contribution in [2.45, 2.75) is 63.0 Å². The van der Waals surface area contributed by atoms with E-state index in [1.807, 2.05) is 0 Å². The van der Waals surface area contributed by atoms with Crippen molar-refractivity contribution in [3.8, 4) is 0 Å². The second-order valence-corrected chi connectivity index (χ2v) is 13.1. The number of carbonyl (C=O) groups is 2. The highest BCUT2D eigenvalue weighted by Crippen LogP contribution is 2.37. The van der Waals surface area contributed by atoms with Crippen LogP contribution >= 0.6 is 23.2 Å². The van der Waals surface area contributed by atoms with E-state index in [0.29, 0.717) is 23.7 Å². The topological polar surface area (TPSA) is 47.1 Å². The molecule has 14 heteroatoms. The lowest BCUT2D eigenvalue weighted by atomic mass is 10.00. The van der Waals surface area contributed by atoms with Crippen molar-refractivity contribution in [1.82, 2.24) is 19.6 Å². The fourth-order valence-corrected chi connectivity index (χ4v) is 7.07. The Labute approximate surface area is 274 Å². The van der Waals surface area contributed by atoms with Crippen LogP contribution in [0.25, 0.3) is 0 Å². The Kier molecular flexibility index (Phi) is 10.8. The molecule has 2 atom stereocenters. The molecule has 2 unspecified atom stereocenters. The Morgan fingerprint density at radius 3 is 2.04 bits per heavy atom. The van der Waals surface area contributed by atoms with Gasteiger partial charge in [0, 0.05) is 37.8 Å². The van der Waals surface area contributed by atoms with Crippen LogP contribution in [0.15, 0.2) is 36.4 Å². The number of benzene rings is 2. The second kappa shape index (κ2) is 14.3. The van der Waals surface area contributed by atoms with E-state index in [4.69, 9.17) is 23.2 Å². The van der Waals surface area contributed by atoms with Crippen LogP contribution < -0.4 is 0 Å². The molecule has 0 aromatic heterocycles. The Morgan fingerprint density at radius 2 is 1.41 bits per heavy atom. The number of hydrogen-bond donors (Lipinski definition) is 0. The average Bonchev–Trinajstić information content (AvgIpc) is 3.26. The third-order valence-electron chi connectivity index (χ3n) is 9.21. The van der Waals surface area contributed by atoms with Gasteiger partial charge in [0.25, 0.3) is 5.91 Å². The fraction of sp³-hybridized carbons (Fsp3) is 0.562. The first-order chi connectivity index (χ1) is 21.7. The van der Waals surface area contributed by atoms with Crippen LogP contribution in [-0.4, -0.2) is 89.8 Å². The van der Waals surface area contributed by atoms with Crippen LogP contribution in [0.4, 0.5) is 26.3 Å². The minimum atomic E-state index is -5.09. The molecule has 0 aliphatic carbocycles. The summed E-state index contributed by atoms with van der Waals surface area (Å²) in [5.74, 6) is -1.18. The van der Waals surface area contributed by atoms with Crippen LogP contribution in [0, 0.1) is 0 Å². The molecule has 3 saturated heterocycles. The predicted molar refractivity (Wildman–Crippen MR) is 163 cm³/mol. The number of halogens is 8. The minimum Gasteiger partial charge on any atom is -0.334 e. The maximum atomic E-state index is 13.8. The van der Waals surface area contributed by atoms with Crippen LogP contribution in [0.5, 0.6) is 0 Å². The number of hydrogen-bond acceptors (Lipinski definition) is 4. The van der Waals surface area contributed by atoms with Gasteiger partial charge in [-0.25, -0.2) is 0 Å². The number of amides is 2. The standard InChI is InChI=1S/C32H36Cl2F6N4O2/c33-26-7-6-21(17-27(26)34)28-19-43(30(46)22-15-23(31(35,36)37)18-24(16-22)32(38,39)40)13-14-44(28)29(45)20-41-9-4-5-25(8-12-41)42-10-2-1-3-11-42/h6-7,15-18,25,28H,1-5,8-14,19-20H2.